The molecule has 2 aromatic carbocycles. The van der Waals surface area contributed by atoms with Gasteiger partial charge in [-0.1, -0.05) is 74.5 Å². The van der Waals surface area contributed by atoms with E-state index in [4.69, 9.17) is 4.74 Å². The molecule has 3 rings (SSSR count). The third-order valence-corrected chi connectivity index (χ3v) is 4.21. The Morgan fingerprint density at radius 2 is 1.62 bits per heavy atom. The van der Waals surface area contributed by atoms with Crippen molar-refractivity contribution in [3.05, 3.63) is 71.8 Å². The third kappa shape index (κ3) is 3.17. The Morgan fingerprint density at radius 1 is 1.00 bits per heavy atom. The predicted molar refractivity (Wildman–Crippen MR) is 85.7 cm³/mol. The molecule has 0 saturated carbocycles. The van der Waals surface area contributed by atoms with Gasteiger partial charge in [0.2, 0.25) is 0 Å². The molecular formula is C19H23NO. The van der Waals surface area contributed by atoms with Gasteiger partial charge >= 0.3 is 0 Å². The minimum atomic E-state index is 0.0683. The van der Waals surface area contributed by atoms with Crippen LogP contribution in [0.15, 0.2) is 60.7 Å². The summed E-state index contributed by atoms with van der Waals surface area (Å²) in [6.45, 7) is 6.30. The zero-order valence-corrected chi connectivity index (χ0v) is 12.8. The maximum atomic E-state index is 6.12. The first-order valence-corrected chi connectivity index (χ1v) is 7.72. The normalized spacial score (nSPS) is 22.8. The molecule has 0 aromatic heterocycles. The second-order valence-electron chi connectivity index (χ2n) is 6.07. The number of nitrogens with zero attached hydrogens (tertiary/aromatic N) is 1. The Kier molecular flexibility index (Phi) is 4.37. The summed E-state index contributed by atoms with van der Waals surface area (Å²) < 4.78 is 6.12. The minimum absolute atomic E-state index is 0.0683. The van der Waals surface area contributed by atoms with E-state index in [1.807, 2.05) is 0 Å². The zero-order chi connectivity index (χ0) is 14.7. The standard InChI is InChI=1S/C19H23NO/c1-15(2)18-14-21-19(17-11-7-4-8-12-17)20(18)13-16-9-5-3-6-10-16/h3-12,15,18-19H,13-14H2,1-2H3. The first-order chi connectivity index (χ1) is 10.3. The van der Waals surface area contributed by atoms with Crippen LogP contribution in [0.2, 0.25) is 0 Å². The molecule has 1 aliphatic heterocycles. The molecule has 1 heterocycles. The molecule has 2 nitrogen and oxygen atoms in total. The van der Waals surface area contributed by atoms with Gasteiger partial charge in [0.1, 0.15) is 6.23 Å². The topological polar surface area (TPSA) is 12.5 Å². The highest BCUT2D eigenvalue weighted by molar-refractivity contribution is 5.20. The molecule has 21 heavy (non-hydrogen) atoms. The average molecular weight is 281 g/mol. The first kappa shape index (κ1) is 14.3. The smallest absolute Gasteiger partial charge is 0.137 e. The number of hydrogen-bond acceptors (Lipinski definition) is 2. The maximum absolute atomic E-state index is 6.12. The van der Waals surface area contributed by atoms with Gasteiger partial charge in [-0.3, -0.25) is 4.90 Å². The molecule has 0 aliphatic carbocycles. The van der Waals surface area contributed by atoms with Crippen LogP contribution in [0.4, 0.5) is 0 Å². The average Bonchev–Trinajstić information content (AvgIpc) is 2.93. The van der Waals surface area contributed by atoms with E-state index in [0.29, 0.717) is 12.0 Å². The number of benzene rings is 2. The van der Waals surface area contributed by atoms with Crippen LogP contribution in [-0.4, -0.2) is 17.5 Å². The molecule has 2 heteroatoms. The maximum Gasteiger partial charge on any atom is 0.137 e. The van der Waals surface area contributed by atoms with E-state index in [2.05, 4.69) is 79.4 Å². The molecule has 1 fully saturated rings. The van der Waals surface area contributed by atoms with Crippen molar-refractivity contribution in [3.8, 4) is 0 Å². The predicted octanol–water partition coefficient (Wildman–Crippen LogP) is 4.24. The SMILES string of the molecule is CC(C)C1COC(c2ccccc2)N1Cc1ccccc1. The lowest BCUT2D eigenvalue weighted by Crippen LogP contribution is -2.36. The molecule has 1 aliphatic rings. The second kappa shape index (κ2) is 6.42. The third-order valence-electron chi connectivity index (χ3n) is 4.21. The first-order valence-electron chi connectivity index (χ1n) is 7.72. The van der Waals surface area contributed by atoms with Gasteiger partial charge in [0, 0.05) is 12.6 Å². The highest BCUT2D eigenvalue weighted by atomic mass is 16.5. The van der Waals surface area contributed by atoms with Crippen LogP contribution in [0.25, 0.3) is 0 Å². The van der Waals surface area contributed by atoms with Crippen molar-refractivity contribution in [2.75, 3.05) is 6.61 Å². The van der Waals surface area contributed by atoms with Crippen molar-refractivity contribution in [3.63, 3.8) is 0 Å². The highest BCUT2D eigenvalue weighted by Gasteiger charge is 2.36. The monoisotopic (exact) mass is 281 g/mol. The van der Waals surface area contributed by atoms with Gasteiger partial charge < -0.3 is 4.74 Å². The summed E-state index contributed by atoms with van der Waals surface area (Å²) in [5.41, 5.74) is 2.59. The summed E-state index contributed by atoms with van der Waals surface area (Å²) in [7, 11) is 0. The molecule has 0 spiro atoms. The Balaban J connectivity index is 1.86. The summed E-state index contributed by atoms with van der Waals surface area (Å²) in [6, 6.07) is 21.7. The lowest BCUT2D eigenvalue weighted by molar-refractivity contribution is 0.0223. The van der Waals surface area contributed by atoms with Gasteiger partial charge in [-0.2, -0.15) is 0 Å². The van der Waals surface area contributed by atoms with Gasteiger partial charge in [0.15, 0.2) is 0 Å². The van der Waals surface area contributed by atoms with Crippen molar-refractivity contribution in [1.29, 1.82) is 0 Å². The van der Waals surface area contributed by atoms with Crippen molar-refractivity contribution < 1.29 is 4.74 Å². The number of rotatable bonds is 4. The second-order valence-corrected chi connectivity index (χ2v) is 6.07. The Labute approximate surface area is 127 Å². The molecule has 0 amide bonds. The molecule has 0 radical (unpaired) electrons. The van der Waals surface area contributed by atoms with E-state index in [9.17, 15) is 0 Å². The Morgan fingerprint density at radius 3 is 2.24 bits per heavy atom. The fourth-order valence-corrected chi connectivity index (χ4v) is 3.03. The molecular weight excluding hydrogens is 258 g/mol. The van der Waals surface area contributed by atoms with Crippen LogP contribution in [0, 0.1) is 5.92 Å². The van der Waals surface area contributed by atoms with Crippen LogP contribution < -0.4 is 0 Å². The summed E-state index contributed by atoms with van der Waals surface area (Å²) in [5.74, 6) is 0.586. The van der Waals surface area contributed by atoms with Gasteiger partial charge in [-0.15, -0.1) is 0 Å². The van der Waals surface area contributed by atoms with E-state index in [1.165, 1.54) is 11.1 Å². The van der Waals surface area contributed by atoms with Crippen molar-refractivity contribution in [2.24, 2.45) is 5.92 Å². The van der Waals surface area contributed by atoms with Crippen molar-refractivity contribution in [2.45, 2.75) is 32.7 Å². The lowest BCUT2D eigenvalue weighted by atomic mass is 10.0. The summed E-state index contributed by atoms with van der Waals surface area (Å²) >= 11 is 0. The van der Waals surface area contributed by atoms with E-state index in [1.54, 1.807) is 0 Å². The molecule has 110 valence electrons. The summed E-state index contributed by atoms with van der Waals surface area (Å²) in [6.07, 6.45) is 0.0683. The van der Waals surface area contributed by atoms with Gasteiger partial charge in [-0.25, -0.2) is 0 Å². The van der Waals surface area contributed by atoms with E-state index in [0.717, 1.165) is 13.2 Å². The van der Waals surface area contributed by atoms with Crippen LogP contribution in [0.5, 0.6) is 0 Å². The fourth-order valence-electron chi connectivity index (χ4n) is 3.03. The van der Waals surface area contributed by atoms with Crippen molar-refractivity contribution in [1.82, 2.24) is 4.90 Å². The zero-order valence-electron chi connectivity index (χ0n) is 12.8. The van der Waals surface area contributed by atoms with E-state index in [-0.39, 0.29) is 6.23 Å². The molecule has 0 bridgehead atoms. The van der Waals surface area contributed by atoms with E-state index < -0.39 is 0 Å². The van der Waals surface area contributed by atoms with Crippen LogP contribution in [0.1, 0.15) is 31.2 Å². The Bertz CT molecular complexity index is 552. The molecule has 2 atom stereocenters. The van der Waals surface area contributed by atoms with Crippen LogP contribution >= 0.6 is 0 Å². The minimum Gasteiger partial charge on any atom is -0.357 e. The van der Waals surface area contributed by atoms with Gasteiger partial charge in [0.25, 0.3) is 0 Å². The quantitative estimate of drug-likeness (QED) is 0.831. The van der Waals surface area contributed by atoms with E-state index >= 15 is 0 Å². The van der Waals surface area contributed by atoms with Crippen LogP contribution in [0.3, 0.4) is 0 Å². The van der Waals surface area contributed by atoms with Crippen molar-refractivity contribution >= 4 is 0 Å². The molecule has 1 saturated heterocycles. The number of hydrogen-bond donors (Lipinski definition) is 0. The molecule has 2 unspecified atom stereocenters. The summed E-state index contributed by atoms with van der Waals surface area (Å²) in [4.78, 5) is 2.50. The lowest BCUT2D eigenvalue weighted by Gasteiger charge is -2.30. The largest absolute Gasteiger partial charge is 0.357 e. The van der Waals surface area contributed by atoms with Gasteiger partial charge in [0.05, 0.1) is 6.61 Å². The fraction of sp³-hybridized carbons (Fsp3) is 0.368. The van der Waals surface area contributed by atoms with Gasteiger partial charge in [-0.05, 0) is 17.0 Å². The van der Waals surface area contributed by atoms with Crippen LogP contribution in [-0.2, 0) is 11.3 Å². The highest BCUT2D eigenvalue weighted by Crippen LogP contribution is 2.34. The molecule has 2 aromatic rings. The number of ether oxygens (including phenoxy) is 1. The Hall–Kier alpha value is -1.64. The molecule has 0 N–H and O–H groups in total. The summed E-state index contributed by atoms with van der Waals surface area (Å²) in [5, 5.41) is 0.